The monoisotopic (exact) mass is 630 g/mol. The number of piperidine rings is 1. The topological polar surface area (TPSA) is 124 Å². The number of nitrogens with zero attached hydrogens (tertiary/aromatic N) is 6. The van der Waals surface area contributed by atoms with Gasteiger partial charge in [-0.15, -0.1) is 0 Å². The molecule has 2 saturated carbocycles. The molecule has 240 valence electrons. The van der Waals surface area contributed by atoms with Crippen molar-refractivity contribution in [3.05, 3.63) is 65.2 Å². The van der Waals surface area contributed by atoms with Crippen LogP contribution in [0.25, 0.3) is 33.6 Å². The summed E-state index contributed by atoms with van der Waals surface area (Å²) in [6.07, 6.45) is 4.44. The van der Waals surface area contributed by atoms with Crippen LogP contribution in [0.15, 0.2) is 48.5 Å². The predicted octanol–water partition coefficient (Wildman–Crippen LogP) is 4.90. The summed E-state index contributed by atoms with van der Waals surface area (Å²) in [6, 6.07) is 16.0. The summed E-state index contributed by atoms with van der Waals surface area (Å²) in [5.41, 5.74) is 13.0. The molecule has 2 aliphatic heterocycles. The smallest absolute Gasteiger partial charge is 0.254 e. The molecule has 5 heterocycles. The number of carbonyl (C=O) groups excluding carboxylic acids is 2. The standard InChI is InChI=1S/C36H38N8O3/c1-41-17-21-6-9-24(15-25(21)36(41)46)38-30-11-8-20-13-28(43(33(20)40-30)16-19-4-5-19)34-39-26-12-23(14-29(47-3)32(26)42(34)2)35(45)44-18-22-7-10-27(44)31(22)37/h6,8-9,11-15,19,22,27,31H,4-5,7,10,16-18,37H2,1-3H3,(H,38,40). The molecule has 47 heavy (non-hydrogen) atoms. The third-order valence-electron chi connectivity index (χ3n) is 10.8. The highest BCUT2D eigenvalue weighted by atomic mass is 16.5. The first-order chi connectivity index (χ1) is 22.8. The quantitative estimate of drug-likeness (QED) is 0.262. The molecule has 3 N–H and O–H groups in total. The van der Waals surface area contributed by atoms with Crippen LogP contribution in [0.4, 0.5) is 11.5 Å². The van der Waals surface area contributed by atoms with Crippen molar-refractivity contribution in [2.75, 3.05) is 26.0 Å². The summed E-state index contributed by atoms with van der Waals surface area (Å²) in [4.78, 5) is 40.2. The minimum atomic E-state index is -0.00751. The van der Waals surface area contributed by atoms with E-state index in [1.807, 2.05) is 55.4 Å². The molecule has 3 atom stereocenters. The lowest BCUT2D eigenvalue weighted by Crippen LogP contribution is -2.41. The van der Waals surface area contributed by atoms with Crippen molar-refractivity contribution in [3.63, 3.8) is 0 Å². The Labute approximate surface area is 272 Å². The van der Waals surface area contributed by atoms with Crippen LogP contribution in [0.3, 0.4) is 0 Å². The normalized spacial score (nSPS) is 21.8. The molecule has 11 nitrogen and oxygen atoms in total. The zero-order chi connectivity index (χ0) is 32.1. The molecular formula is C36H38N8O3. The van der Waals surface area contributed by atoms with Gasteiger partial charge in [-0.2, -0.15) is 0 Å². The number of likely N-dealkylation sites (tertiary alicyclic amines) is 1. The molecule has 0 spiro atoms. The van der Waals surface area contributed by atoms with Crippen LogP contribution in [-0.2, 0) is 20.1 Å². The Hall–Kier alpha value is -4.90. The minimum absolute atomic E-state index is 0.00751. The summed E-state index contributed by atoms with van der Waals surface area (Å²) in [7, 11) is 5.46. The number of nitrogens with two attached hydrogens (primary N) is 1. The van der Waals surface area contributed by atoms with E-state index in [1.165, 1.54) is 12.8 Å². The maximum absolute atomic E-state index is 13.7. The minimum Gasteiger partial charge on any atom is -0.494 e. The van der Waals surface area contributed by atoms with E-state index in [9.17, 15) is 9.59 Å². The Bertz CT molecular complexity index is 2130. The number of rotatable bonds is 7. The maximum atomic E-state index is 13.7. The lowest BCUT2D eigenvalue weighted by atomic mass is 10.1. The summed E-state index contributed by atoms with van der Waals surface area (Å²) in [5, 5.41) is 4.45. The number of carbonyl (C=O) groups is 2. The number of nitrogens with one attached hydrogen (secondary N) is 1. The average Bonchev–Trinajstić information content (AvgIpc) is 3.28. The fourth-order valence-electron chi connectivity index (χ4n) is 8.06. The first kappa shape index (κ1) is 28.3. The van der Waals surface area contributed by atoms with Gasteiger partial charge in [0.25, 0.3) is 11.8 Å². The molecule has 5 aromatic rings. The number of hydrogen-bond acceptors (Lipinski definition) is 7. The van der Waals surface area contributed by atoms with Crippen LogP contribution < -0.4 is 15.8 Å². The van der Waals surface area contributed by atoms with Gasteiger partial charge in [0.2, 0.25) is 0 Å². The zero-order valence-corrected chi connectivity index (χ0v) is 26.9. The summed E-state index contributed by atoms with van der Waals surface area (Å²) >= 11 is 0. The van der Waals surface area contributed by atoms with E-state index in [0.717, 1.165) is 64.3 Å². The van der Waals surface area contributed by atoms with E-state index in [-0.39, 0.29) is 23.9 Å². The number of imidazole rings is 1. The number of aryl methyl sites for hydroxylation is 1. The highest BCUT2D eigenvalue weighted by Gasteiger charge is 2.47. The molecule has 3 aromatic heterocycles. The molecule has 3 unspecified atom stereocenters. The second-order valence-electron chi connectivity index (χ2n) is 13.8. The Balaban J connectivity index is 1.10. The number of methoxy groups -OCH3 is 1. The Kier molecular flexibility index (Phi) is 6.21. The maximum Gasteiger partial charge on any atom is 0.254 e. The van der Waals surface area contributed by atoms with Gasteiger partial charge in [0.1, 0.15) is 22.7 Å². The lowest BCUT2D eigenvalue weighted by Gasteiger charge is -2.27. The molecule has 11 heteroatoms. The van der Waals surface area contributed by atoms with Gasteiger partial charge in [-0.3, -0.25) is 9.59 Å². The van der Waals surface area contributed by atoms with E-state index < -0.39 is 0 Å². The third kappa shape index (κ3) is 4.43. The molecule has 3 fully saturated rings. The molecule has 1 saturated heterocycles. The van der Waals surface area contributed by atoms with Crippen LogP contribution in [-0.4, -0.2) is 73.5 Å². The van der Waals surface area contributed by atoms with Crippen LogP contribution in [0.5, 0.6) is 5.75 Å². The second-order valence-corrected chi connectivity index (χ2v) is 13.8. The second kappa shape index (κ2) is 10.3. The molecule has 4 aliphatic rings. The molecule has 9 rings (SSSR count). The number of aromatic nitrogens is 4. The fourth-order valence-corrected chi connectivity index (χ4v) is 8.06. The number of amides is 2. The van der Waals surface area contributed by atoms with Crippen molar-refractivity contribution in [2.45, 2.75) is 50.9 Å². The van der Waals surface area contributed by atoms with Crippen molar-refractivity contribution in [1.29, 1.82) is 0 Å². The van der Waals surface area contributed by atoms with Gasteiger partial charge >= 0.3 is 0 Å². The van der Waals surface area contributed by atoms with Gasteiger partial charge in [-0.1, -0.05) is 6.07 Å². The zero-order valence-electron chi connectivity index (χ0n) is 26.9. The number of hydrogen-bond donors (Lipinski definition) is 2. The molecule has 2 amide bonds. The Morgan fingerprint density at radius 3 is 2.64 bits per heavy atom. The van der Waals surface area contributed by atoms with Gasteiger partial charge in [0.05, 0.1) is 18.3 Å². The SMILES string of the molecule is COc1cc(C(=O)N2CC3CCC2C3N)cc2nc(-c3cc4ccc(Nc5ccc6c(c5)C(=O)N(C)C6)nc4n3CC3CC3)n(C)c12. The van der Waals surface area contributed by atoms with E-state index in [0.29, 0.717) is 47.6 Å². The average molecular weight is 631 g/mol. The summed E-state index contributed by atoms with van der Waals surface area (Å²) in [5.74, 6) is 3.13. The van der Waals surface area contributed by atoms with Crippen LogP contribution >= 0.6 is 0 Å². The van der Waals surface area contributed by atoms with E-state index in [4.69, 9.17) is 20.4 Å². The third-order valence-corrected chi connectivity index (χ3v) is 10.8. The Morgan fingerprint density at radius 1 is 1.04 bits per heavy atom. The summed E-state index contributed by atoms with van der Waals surface area (Å²) in [6.45, 7) is 2.19. The van der Waals surface area contributed by atoms with Crippen LogP contribution in [0.2, 0.25) is 0 Å². The number of pyridine rings is 1. The van der Waals surface area contributed by atoms with E-state index in [2.05, 4.69) is 26.6 Å². The summed E-state index contributed by atoms with van der Waals surface area (Å²) < 4.78 is 10.2. The number of fused-ring (bicyclic) bond motifs is 5. The highest BCUT2D eigenvalue weighted by Crippen LogP contribution is 2.40. The lowest BCUT2D eigenvalue weighted by molar-refractivity contribution is 0.0700. The fraction of sp³-hybridized carbons (Fsp3) is 0.389. The van der Waals surface area contributed by atoms with Crippen molar-refractivity contribution >= 4 is 45.4 Å². The first-order valence-corrected chi connectivity index (χ1v) is 16.5. The molecule has 2 aromatic carbocycles. The van der Waals surface area contributed by atoms with Crippen molar-refractivity contribution < 1.29 is 14.3 Å². The highest BCUT2D eigenvalue weighted by molar-refractivity contribution is 6.01. The molecule has 2 aliphatic carbocycles. The van der Waals surface area contributed by atoms with Gasteiger partial charge in [0.15, 0.2) is 5.82 Å². The number of benzene rings is 2. The van der Waals surface area contributed by atoms with E-state index in [1.54, 1.807) is 12.0 Å². The molecular weight excluding hydrogens is 592 g/mol. The largest absolute Gasteiger partial charge is 0.494 e. The van der Waals surface area contributed by atoms with Gasteiger partial charge in [-0.05, 0) is 85.5 Å². The molecule has 0 radical (unpaired) electrons. The van der Waals surface area contributed by atoms with Crippen molar-refractivity contribution in [3.8, 4) is 17.3 Å². The van der Waals surface area contributed by atoms with Crippen LogP contribution in [0.1, 0.15) is 52.0 Å². The predicted molar refractivity (Wildman–Crippen MR) is 180 cm³/mol. The first-order valence-electron chi connectivity index (χ1n) is 16.5. The number of anilines is 2. The molecule has 2 bridgehead atoms. The van der Waals surface area contributed by atoms with Crippen molar-refractivity contribution in [2.24, 2.45) is 24.6 Å². The van der Waals surface area contributed by atoms with E-state index >= 15 is 0 Å². The van der Waals surface area contributed by atoms with Crippen molar-refractivity contribution in [1.82, 2.24) is 28.9 Å². The van der Waals surface area contributed by atoms with Crippen LogP contribution in [0, 0.1) is 11.8 Å². The number of ether oxygens (including phenoxy) is 1. The Morgan fingerprint density at radius 2 is 1.89 bits per heavy atom. The van der Waals surface area contributed by atoms with Gasteiger partial charge in [-0.25, -0.2) is 9.97 Å². The van der Waals surface area contributed by atoms with Gasteiger partial charge < -0.3 is 34.7 Å². The van der Waals surface area contributed by atoms with Gasteiger partial charge in [0, 0.05) is 68.0 Å².